The van der Waals surface area contributed by atoms with Crippen molar-refractivity contribution in [2.24, 2.45) is 0 Å². The highest BCUT2D eigenvalue weighted by atomic mass is 32.1. The van der Waals surface area contributed by atoms with Gasteiger partial charge in [-0.1, -0.05) is 12.2 Å². The monoisotopic (exact) mass is 382 g/mol. The number of thiocarbonyl (C=S) groups is 2. The van der Waals surface area contributed by atoms with Crippen LogP contribution in [0.2, 0.25) is 0 Å². The molecule has 0 aliphatic carbocycles. The first kappa shape index (κ1) is 17.8. The van der Waals surface area contributed by atoms with Crippen molar-refractivity contribution in [3.05, 3.63) is 24.0 Å². The number of carbonyl (C=O) groups excluding carboxylic acids is 1. The van der Waals surface area contributed by atoms with Gasteiger partial charge in [-0.2, -0.15) is 0 Å². The summed E-state index contributed by atoms with van der Waals surface area (Å²) in [4.78, 5) is 17.8. The average Bonchev–Trinajstić information content (AvgIpc) is 3.09. The van der Waals surface area contributed by atoms with Crippen molar-refractivity contribution < 1.29 is 13.9 Å². The van der Waals surface area contributed by atoms with Crippen LogP contribution in [0.25, 0.3) is 0 Å². The Bertz CT molecular complexity index is 730. The van der Waals surface area contributed by atoms with Gasteiger partial charge in [0.25, 0.3) is 0 Å². The van der Waals surface area contributed by atoms with Crippen LogP contribution in [0.3, 0.4) is 0 Å². The van der Waals surface area contributed by atoms with Crippen molar-refractivity contribution in [3.63, 3.8) is 0 Å². The maximum absolute atomic E-state index is 14.6. The molecule has 1 aromatic carbocycles. The molecular weight excluding hydrogens is 363 g/mol. The Balaban J connectivity index is 1.73. The number of halogens is 1. The number of likely N-dealkylation sites (N-methyl/N-ethyl adjacent to an activating group) is 1. The van der Waals surface area contributed by atoms with Gasteiger partial charge in [0.2, 0.25) is 0 Å². The molecule has 134 valence electrons. The van der Waals surface area contributed by atoms with E-state index < -0.39 is 11.9 Å². The van der Waals surface area contributed by atoms with Crippen molar-refractivity contribution in [2.45, 2.75) is 13.0 Å². The fourth-order valence-corrected chi connectivity index (χ4v) is 3.21. The second-order valence-electron chi connectivity index (χ2n) is 6.04. The molecule has 1 N–H and O–H groups in total. The van der Waals surface area contributed by atoms with E-state index in [4.69, 9.17) is 29.2 Å². The molecule has 0 spiro atoms. The van der Waals surface area contributed by atoms with Gasteiger partial charge < -0.3 is 19.9 Å². The predicted octanol–water partition coefficient (Wildman–Crippen LogP) is 2.12. The van der Waals surface area contributed by atoms with Gasteiger partial charge in [0, 0.05) is 20.1 Å². The molecule has 2 aliphatic heterocycles. The number of benzene rings is 1. The van der Waals surface area contributed by atoms with E-state index in [1.165, 1.54) is 11.0 Å². The highest BCUT2D eigenvalue weighted by molar-refractivity contribution is 7.80. The van der Waals surface area contributed by atoms with Crippen molar-refractivity contribution in [1.82, 2.24) is 10.2 Å². The molecule has 0 aromatic heterocycles. The first-order valence-corrected chi connectivity index (χ1v) is 8.73. The number of amides is 1. The summed E-state index contributed by atoms with van der Waals surface area (Å²) in [6.45, 7) is 3.94. The molecule has 1 amide bonds. The van der Waals surface area contributed by atoms with Gasteiger partial charge in [-0.3, -0.25) is 4.90 Å². The van der Waals surface area contributed by atoms with Gasteiger partial charge in [-0.25, -0.2) is 9.18 Å². The van der Waals surface area contributed by atoms with Crippen LogP contribution in [0.1, 0.15) is 6.92 Å². The molecule has 0 bridgehead atoms. The number of hydrogen-bond donors (Lipinski definition) is 1. The molecule has 2 fully saturated rings. The van der Waals surface area contributed by atoms with Gasteiger partial charge in [0.05, 0.1) is 29.5 Å². The zero-order valence-electron chi connectivity index (χ0n) is 14.0. The topological polar surface area (TPSA) is 48.0 Å². The summed E-state index contributed by atoms with van der Waals surface area (Å²) < 4.78 is 19.9. The zero-order valence-corrected chi connectivity index (χ0v) is 15.6. The summed E-state index contributed by atoms with van der Waals surface area (Å²) in [5.41, 5.74) is 0.881. The molecule has 0 radical (unpaired) electrons. The van der Waals surface area contributed by atoms with Crippen LogP contribution in [0.4, 0.5) is 20.6 Å². The normalized spacial score (nSPS) is 20.3. The Labute approximate surface area is 156 Å². The average molecular weight is 382 g/mol. The van der Waals surface area contributed by atoms with Crippen LogP contribution < -0.4 is 15.1 Å². The van der Waals surface area contributed by atoms with Gasteiger partial charge >= 0.3 is 6.09 Å². The Hall–Kier alpha value is -2.00. The lowest BCUT2D eigenvalue weighted by atomic mass is 10.2. The minimum Gasteiger partial charge on any atom is -0.442 e. The SMILES string of the molecule is CC(=S)NC[C@H]1CN(c2ccc(N3CCN(C)C3=S)c(F)c2)C(=O)O1. The van der Waals surface area contributed by atoms with Gasteiger partial charge in [-0.15, -0.1) is 0 Å². The molecule has 6 nitrogen and oxygen atoms in total. The van der Waals surface area contributed by atoms with E-state index in [-0.39, 0.29) is 6.10 Å². The van der Waals surface area contributed by atoms with Crippen molar-refractivity contribution >= 4 is 52.0 Å². The van der Waals surface area contributed by atoms with Crippen LogP contribution in [0, 0.1) is 5.82 Å². The van der Waals surface area contributed by atoms with E-state index in [0.717, 1.165) is 6.54 Å². The Morgan fingerprint density at radius 3 is 2.76 bits per heavy atom. The summed E-state index contributed by atoms with van der Waals surface area (Å²) in [5, 5.41) is 3.57. The number of anilines is 2. The third-order valence-corrected chi connectivity index (χ3v) is 4.88. The summed E-state index contributed by atoms with van der Waals surface area (Å²) >= 11 is 10.3. The maximum Gasteiger partial charge on any atom is 0.414 e. The van der Waals surface area contributed by atoms with E-state index in [0.29, 0.717) is 41.1 Å². The molecule has 0 unspecified atom stereocenters. The molecule has 1 atom stereocenters. The number of carbonyl (C=O) groups is 1. The molecule has 9 heteroatoms. The maximum atomic E-state index is 14.6. The van der Waals surface area contributed by atoms with E-state index in [1.54, 1.807) is 24.0 Å². The number of cyclic esters (lactones) is 1. The quantitative estimate of drug-likeness (QED) is 0.801. The van der Waals surface area contributed by atoms with Crippen LogP contribution in [0.5, 0.6) is 0 Å². The Morgan fingerprint density at radius 1 is 1.40 bits per heavy atom. The second kappa shape index (κ2) is 7.09. The largest absolute Gasteiger partial charge is 0.442 e. The van der Waals surface area contributed by atoms with Crippen LogP contribution in [-0.2, 0) is 4.74 Å². The molecule has 0 saturated carbocycles. The zero-order chi connectivity index (χ0) is 18.1. The van der Waals surface area contributed by atoms with E-state index in [2.05, 4.69) is 5.32 Å². The Morgan fingerprint density at radius 2 is 2.16 bits per heavy atom. The molecular formula is C16H19FN4O2S2. The van der Waals surface area contributed by atoms with E-state index in [1.807, 2.05) is 11.9 Å². The summed E-state index contributed by atoms with van der Waals surface area (Å²) in [6, 6.07) is 4.70. The summed E-state index contributed by atoms with van der Waals surface area (Å²) in [5.74, 6) is -0.417. The fraction of sp³-hybridized carbons (Fsp3) is 0.438. The fourth-order valence-electron chi connectivity index (χ4n) is 2.85. The van der Waals surface area contributed by atoms with Crippen LogP contribution in [0.15, 0.2) is 18.2 Å². The van der Waals surface area contributed by atoms with Crippen LogP contribution >= 0.6 is 24.4 Å². The van der Waals surface area contributed by atoms with Gasteiger partial charge in [0.1, 0.15) is 11.9 Å². The lowest BCUT2D eigenvalue weighted by Gasteiger charge is -2.21. The molecule has 1 aromatic rings. The summed E-state index contributed by atoms with van der Waals surface area (Å²) in [7, 11) is 1.88. The van der Waals surface area contributed by atoms with Crippen molar-refractivity contribution in [3.8, 4) is 0 Å². The summed E-state index contributed by atoms with van der Waals surface area (Å²) in [6.07, 6.45) is -0.814. The smallest absolute Gasteiger partial charge is 0.414 e. The third kappa shape index (κ3) is 3.67. The minimum absolute atomic E-state index is 0.326. The molecule has 25 heavy (non-hydrogen) atoms. The van der Waals surface area contributed by atoms with Crippen molar-refractivity contribution in [2.75, 3.05) is 43.0 Å². The second-order valence-corrected chi connectivity index (χ2v) is 7.02. The lowest BCUT2D eigenvalue weighted by Crippen LogP contribution is -2.32. The molecule has 2 heterocycles. The van der Waals surface area contributed by atoms with Gasteiger partial charge in [-0.05, 0) is 37.3 Å². The van der Waals surface area contributed by atoms with Crippen LogP contribution in [-0.4, -0.2) is 60.4 Å². The lowest BCUT2D eigenvalue weighted by molar-refractivity contribution is 0.143. The highest BCUT2D eigenvalue weighted by Crippen LogP contribution is 2.29. The molecule has 3 rings (SSSR count). The highest BCUT2D eigenvalue weighted by Gasteiger charge is 2.33. The van der Waals surface area contributed by atoms with E-state index in [9.17, 15) is 9.18 Å². The first-order chi connectivity index (χ1) is 11.9. The molecule has 2 aliphatic rings. The number of hydrogen-bond acceptors (Lipinski definition) is 4. The van der Waals surface area contributed by atoms with Gasteiger partial charge in [0.15, 0.2) is 5.11 Å². The Kier molecular flexibility index (Phi) is 5.05. The molecule has 2 saturated heterocycles. The number of nitrogens with zero attached hydrogens (tertiary/aromatic N) is 3. The van der Waals surface area contributed by atoms with Crippen molar-refractivity contribution in [1.29, 1.82) is 0 Å². The predicted molar refractivity (Wildman–Crippen MR) is 103 cm³/mol. The third-order valence-electron chi connectivity index (χ3n) is 4.20. The standard InChI is InChI=1S/C16H19FN4O2S2/c1-10(24)18-8-12-9-21(16(22)23-12)11-3-4-14(13(17)7-11)20-6-5-19(2)15(20)25/h3-4,7,12H,5-6,8-9H2,1-2H3,(H,18,24)/t12-/m0/s1. The minimum atomic E-state index is -0.489. The number of rotatable bonds is 4. The van der Waals surface area contributed by atoms with E-state index >= 15 is 0 Å². The number of nitrogens with one attached hydrogen (secondary N) is 1. The first-order valence-electron chi connectivity index (χ1n) is 7.91. The number of ether oxygens (including phenoxy) is 1.